The third-order valence-corrected chi connectivity index (χ3v) is 4.13. The van der Waals surface area contributed by atoms with Crippen LogP contribution in [0.25, 0.3) is 0 Å². The van der Waals surface area contributed by atoms with Gasteiger partial charge in [-0.3, -0.25) is 9.78 Å². The molecule has 0 aliphatic carbocycles. The molecule has 2 aromatic rings. The van der Waals surface area contributed by atoms with Crippen molar-refractivity contribution in [3.63, 3.8) is 0 Å². The number of anilines is 1. The molecule has 4 nitrogen and oxygen atoms in total. The first-order valence-corrected chi connectivity index (χ1v) is 8.65. The highest BCUT2D eigenvalue weighted by molar-refractivity contribution is 5.94. The van der Waals surface area contributed by atoms with Gasteiger partial charge in [0.1, 0.15) is 0 Å². The van der Waals surface area contributed by atoms with Crippen LogP contribution in [0, 0.1) is 0 Å². The number of aromatic nitrogens is 1. The summed E-state index contributed by atoms with van der Waals surface area (Å²) in [5.74, 6) is 0.0357. The minimum atomic E-state index is 0.0357. The summed E-state index contributed by atoms with van der Waals surface area (Å²) in [4.78, 5) is 20.8. The first kappa shape index (κ1) is 18.0. The Kier molecular flexibility index (Phi) is 6.79. The molecule has 0 aliphatic heterocycles. The first-order valence-electron chi connectivity index (χ1n) is 8.65. The second-order valence-corrected chi connectivity index (χ2v) is 6.01. The Hall–Kier alpha value is -2.36. The predicted octanol–water partition coefficient (Wildman–Crippen LogP) is 3.98. The summed E-state index contributed by atoms with van der Waals surface area (Å²) in [6, 6.07) is 12.3. The predicted molar refractivity (Wildman–Crippen MR) is 99.3 cm³/mol. The fourth-order valence-electron chi connectivity index (χ4n) is 2.62. The van der Waals surface area contributed by atoms with E-state index in [2.05, 4.69) is 35.9 Å². The van der Waals surface area contributed by atoms with Gasteiger partial charge in [0.25, 0.3) is 5.91 Å². The SMILES string of the molecule is CCCCN(C)C(=O)c1cncc(N(CC)Cc2ccccc2)c1. The average Bonchev–Trinajstić information content (AvgIpc) is 2.64. The van der Waals surface area contributed by atoms with E-state index < -0.39 is 0 Å². The van der Waals surface area contributed by atoms with Crippen LogP contribution in [0.2, 0.25) is 0 Å². The summed E-state index contributed by atoms with van der Waals surface area (Å²) in [6.07, 6.45) is 5.58. The molecule has 0 unspecified atom stereocenters. The fourth-order valence-corrected chi connectivity index (χ4v) is 2.62. The standard InChI is InChI=1S/C20H27N3O/c1-4-6-12-22(3)20(24)18-13-19(15-21-14-18)23(5-2)16-17-10-8-7-9-11-17/h7-11,13-15H,4-6,12,16H2,1-3H3. The molecule has 0 atom stereocenters. The van der Waals surface area contributed by atoms with Gasteiger partial charge in [-0.2, -0.15) is 0 Å². The van der Waals surface area contributed by atoms with E-state index in [0.29, 0.717) is 5.56 Å². The van der Waals surface area contributed by atoms with E-state index in [1.54, 1.807) is 11.1 Å². The highest BCUT2D eigenvalue weighted by atomic mass is 16.2. The second kappa shape index (κ2) is 9.06. The Labute approximate surface area is 145 Å². The van der Waals surface area contributed by atoms with E-state index in [9.17, 15) is 4.79 Å². The Balaban J connectivity index is 2.14. The van der Waals surface area contributed by atoms with Crippen molar-refractivity contribution in [2.75, 3.05) is 25.0 Å². The Morgan fingerprint density at radius 2 is 1.88 bits per heavy atom. The van der Waals surface area contributed by atoms with Crippen LogP contribution in [0.1, 0.15) is 42.6 Å². The zero-order chi connectivity index (χ0) is 17.4. The maximum Gasteiger partial charge on any atom is 0.255 e. The van der Waals surface area contributed by atoms with Crippen LogP contribution in [-0.4, -0.2) is 35.9 Å². The van der Waals surface area contributed by atoms with Gasteiger partial charge in [0.05, 0.1) is 17.4 Å². The van der Waals surface area contributed by atoms with E-state index >= 15 is 0 Å². The first-order chi connectivity index (χ1) is 11.7. The molecule has 0 spiro atoms. The maximum absolute atomic E-state index is 12.5. The van der Waals surface area contributed by atoms with Crippen molar-refractivity contribution in [3.05, 3.63) is 59.9 Å². The molecule has 0 saturated carbocycles. The number of hydrogen-bond acceptors (Lipinski definition) is 3. The number of pyridine rings is 1. The van der Waals surface area contributed by atoms with Crippen LogP contribution < -0.4 is 4.90 Å². The molecule has 128 valence electrons. The van der Waals surface area contributed by atoms with Crippen molar-refractivity contribution < 1.29 is 4.79 Å². The quantitative estimate of drug-likeness (QED) is 0.736. The molecule has 0 N–H and O–H groups in total. The molecule has 4 heteroatoms. The van der Waals surface area contributed by atoms with Crippen molar-refractivity contribution in [2.24, 2.45) is 0 Å². The van der Waals surface area contributed by atoms with Gasteiger partial charge in [0, 0.05) is 32.9 Å². The van der Waals surface area contributed by atoms with Crippen LogP contribution in [-0.2, 0) is 6.54 Å². The third kappa shape index (κ3) is 4.82. The number of amides is 1. The second-order valence-electron chi connectivity index (χ2n) is 6.01. The Bertz CT molecular complexity index is 642. The van der Waals surface area contributed by atoms with Crippen molar-refractivity contribution in [3.8, 4) is 0 Å². The lowest BCUT2D eigenvalue weighted by atomic mass is 10.2. The van der Waals surface area contributed by atoms with Crippen LogP contribution in [0.4, 0.5) is 5.69 Å². The number of carbonyl (C=O) groups excluding carboxylic acids is 1. The lowest BCUT2D eigenvalue weighted by Crippen LogP contribution is -2.28. The number of rotatable bonds is 8. The van der Waals surface area contributed by atoms with E-state index in [1.807, 2.05) is 37.5 Å². The highest BCUT2D eigenvalue weighted by Crippen LogP contribution is 2.18. The number of unbranched alkanes of at least 4 members (excludes halogenated alkanes) is 1. The molecule has 1 heterocycles. The van der Waals surface area contributed by atoms with Gasteiger partial charge >= 0.3 is 0 Å². The van der Waals surface area contributed by atoms with Crippen LogP contribution in [0.5, 0.6) is 0 Å². The monoisotopic (exact) mass is 325 g/mol. The van der Waals surface area contributed by atoms with Gasteiger partial charge < -0.3 is 9.80 Å². The number of carbonyl (C=O) groups is 1. The van der Waals surface area contributed by atoms with E-state index in [4.69, 9.17) is 0 Å². The Morgan fingerprint density at radius 1 is 1.12 bits per heavy atom. The number of hydrogen-bond donors (Lipinski definition) is 0. The van der Waals surface area contributed by atoms with Gasteiger partial charge in [-0.05, 0) is 25.0 Å². The van der Waals surface area contributed by atoms with E-state index in [0.717, 1.165) is 38.2 Å². The van der Waals surface area contributed by atoms with Gasteiger partial charge in [-0.1, -0.05) is 43.7 Å². The molecule has 2 rings (SSSR count). The molecule has 1 aromatic heterocycles. The molecule has 0 aliphatic rings. The smallest absolute Gasteiger partial charge is 0.255 e. The lowest BCUT2D eigenvalue weighted by Gasteiger charge is -2.24. The maximum atomic E-state index is 12.5. The highest BCUT2D eigenvalue weighted by Gasteiger charge is 2.14. The van der Waals surface area contributed by atoms with Crippen molar-refractivity contribution >= 4 is 11.6 Å². The number of nitrogens with zero attached hydrogens (tertiary/aromatic N) is 3. The molecule has 0 bridgehead atoms. The zero-order valence-electron chi connectivity index (χ0n) is 14.9. The van der Waals surface area contributed by atoms with Crippen molar-refractivity contribution in [2.45, 2.75) is 33.2 Å². The average molecular weight is 325 g/mol. The minimum absolute atomic E-state index is 0.0357. The largest absolute Gasteiger partial charge is 0.366 e. The van der Waals surface area contributed by atoms with Gasteiger partial charge in [-0.15, -0.1) is 0 Å². The van der Waals surface area contributed by atoms with Crippen LogP contribution in [0.15, 0.2) is 48.8 Å². The Morgan fingerprint density at radius 3 is 2.54 bits per heavy atom. The summed E-state index contributed by atoms with van der Waals surface area (Å²) in [6.45, 7) is 6.69. The van der Waals surface area contributed by atoms with Crippen molar-refractivity contribution in [1.82, 2.24) is 9.88 Å². The fraction of sp³-hybridized carbons (Fsp3) is 0.400. The molecular formula is C20H27N3O. The van der Waals surface area contributed by atoms with Gasteiger partial charge in [0.2, 0.25) is 0 Å². The van der Waals surface area contributed by atoms with Gasteiger partial charge in [-0.25, -0.2) is 0 Å². The van der Waals surface area contributed by atoms with E-state index in [-0.39, 0.29) is 5.91 Å². The molecular weight excluding hydrogens is 298 g/mol. The summed E-state index contributed by atoms with van der Waals surface area (Å²) in [5, 5.41) is 0. The topological polar surface area (TPSA) is 36.4 Å². The molecule has 0 fully saturated rings. The number of benzene rings is 1. The summed E-state index contributed by atoms with van der Waals surface area (Å²) >= 11 is 0. The molecule has 1 amide bonds. The summed E-state index contributed by atoms with van der Waals surface area (Å²) in [7, 11) is 1.85. The van der Waals surface area contributed by atoms with Gasteiger partial charge in [0.15, 0.2) is 0 Å². The molecule has 24 heavy (non-hydrogen) atoms. The van der Waals surface area contributed by atoms with E-state index in [1.165, 1.54) is 5.56 Å². The zero-order valence-corrected chi connectivity index (χ0v) is 14.9. The normalized spacial score (nSPS) is 10.5. The van der Waals surface area contributed by atoms with Crippen LogP contribution in [0.3, 0.4) is 0 Å². The molecule has 1 aromatic carbocycles. The molecule has 0 radical (unpaired) electrons. The minimum Gasteiger partial charge on any atom is -0.366 e. The lowest BCUT2D eigenvalue weighted by molar-refractivity contribution is 0.0793. The summed E-state index contributed by atoms with van der Waals surface area (Å²) in [5.41, 5.74) is 2.88. The third-order valence-electron chi connectivity index (χ3n) is 4.13. The van der Waals surface area contributed by atoms with Crippen molar-refractivity contribution in [1.29, 1.82) is 0 Å². The molecule has 0 saturated heterocycles. The summed E-state index contributed by atoms with van der Waals surface area (Å²) < 4.78 is 0. The van der Waals surface area contributed by atoms with Crippen LogP contribution >= 0.6 is 0 Å².